The number of aryl methyl sites for hydroxylation is 1. The summed E-state index contributed by atoms with van der Waals surface area (Å²) in [7, 11) is 4.16. The van der Waals surface area contributed by atoms with Crippen LogP contribution >= 0.6 is 0 Å². The van der Waals surface area contributed by atoms with E-state index in [-0.39, 0.29) is 40.6 Å². The van der Waals surface area contributed by atoms with Gasteiger partial charge in [0.05, 0.1) is 37.6 Å². The molecule has 13 heteroatoms. The lowest BCUT2D eigenvalue weighted by Crippen LogP contribution is -2.54. The number of rotatable bonds is 10. The average Bonchev–Trinajstić information content (AvgIpc) is 3.10. The number of halogens is 3. The Balaban J connectivity index is 1.95. The quantitative estimate of drug-likeness (QED) is 0.321. The molecule has 236 valence electrons. The highest BCUT2D eigenvalue weighted by atomic mass is 19.3. The normalized spacial score (nSPS) is 17.4. The molecule has 0 aliphatic carbocycles. The topological polar surface area (TPSA) is 115 Å². The number of ether oxygens (including phenoxy) is 3. The second kappa shape index (κ2) is 13.1. The standard InChI is InChI=1S/C31H34F3N3O7/c1-16-7-11-23-25(13-16)43-18(3)27(36-14-17(2)35-4)28(38)37(23)15-22-19-8-9-21(29(39)42-6)26(31(32,33)30(40)44-34)20(19)10-12-24(22)41-5/h7-13,17-18,27,35-36H,14-15H2,1-6H3/t17-,18-,27-/m0/s1. The van der Waals surface area contributed by atoms with Gasteiger partial charge in [-0.1, -0.05) is 18.2 Å². The predicted molar refractivity (Wildman–Crippen MR) is 156 cm³/mol. The molecule has 0 fully saturated rings. The van der Waals surface area contributed by atoms with Crippen LogP contribution in [0.4, 0.5) is 19.0 Å². The van der Waals surface area contributed by atoms with Crippen molar-refractivity contribution in [3.63, 3.8) is 0 Å². The van der Waals surface area contributed by atoms with Crippen LogP contribution in [-0.4, -0.2) is 63.8 Å². The van der Waals surface area contributed by atoms with Gasteiger partial charge in [0.1, 0.15) is 23.6 Å². The molecule has 2 N–H and O–H groups in total. The summed E-state index contributed by atoms with van der Waals surface area (Å²) in [6.07, 6.45) is -0.578. The summed E-state index contributed by atoms with van der Waals surface area (Å²) in [5.74, 6) is -7.92. The van der Waals surface area contributed by atoms with Crippen LogP contribution in [0.25, 0.3) is 10.8 Å². The zero-order chi connectivity index (χ0) is 32.3. The van der Waals surface area contributed by atoms with Gasteiger partial charge >= 0.3 is 17.9 Å². The minimum atomic E-state index is -4.57. The molecule has 0 spiro atoms. The van der Waals surface area contributed by atoms with Crippen molar-refractivity contribution in [2.24, 2.45) is 0 Å². The van der Waals surface area contributed by atoms with Crippen LogP contribution in [0, 0.1) is 6.92 Å². The van der Waals surface area contributed by atoms with Crippen molar-refractivity contribution < 1.29 is 46.8 Å². The van der Waals surface area contributed by atoms with Gasteiger partial charge in [-0.15, -0.1) is 0 Å². The first-order valence-corrected chi connectivity index (χ1v) is 13.8. The fourth-order valence-corrected chi connectivity index (χ4v) is 5.25. The number of likely N-dealkylation sites (N-methyl/N-ethyl adjacent to an activating group) is 1. The van der Waals surface area contributed by atoms with Gasteiger partial charge in [-0.2, -0.15) is 8.78 Å². The van der Waals surface area contributed by atoms with E-state index < -0.39 is 41.1 Å². The Morgan fingerprint density at radius 1 is 1.11 bits per heavy atom. The molecule has 0 unspecified atom stereocenters. The lowest BCUT2D eigenvalue weighted by Gasteiger charge is -2.28. The summed E-state index contributed by atoms with van der Waals surface area (Å²) >= 11 is 0. The van der Waals surface area contributed by atoms with Crippen LogP contribution in [0.5, 0.6) is 11.5 Å². The molecule has 0 saturated carbocycles. The molecular formula is C31H34F3N3O7. The highest BCUT2D eigenvalue weighted by Crippen LogP contribution is 2.42. The summed E-state index contributed by atoms with van der Waals surface area (Å²) in [5, 5.41) is 6.23. The van der Waals surface area contributed by atoms with Crippen molar-refractivity contribution in [1.29, 1.82) is 0 Å². The van der Waals surface area contributed by atoms with Gasteiger partial charge in [0, 0.05) is 22.7 Å². The number of nitrogens with one attached hydrogen (secondary N) is 2. The van der Waals surface area contributed by atoms with Crippen molar-refractivity contribution in [3.8, 4) is 11.5 Å². The Morgan fingerprint density at radius 3 is 2.45 bits per heavy atom. The van der Waals surface area contributed by atoms with E-state index >= 15 is 8.78 Å². The first-order chi connectivity index (χ1) is 20.9. The molecule has 1 aliphatic heterocycles. The molecule has 10 nitrogen and oxygen atoms in total. The number of hydrogen-bond donors (Lipinski definition) is 2. The minimum absolute atomic E-state index is 0.0367. The van der Waals surface area contributed by atoms with Gasteiger partial charge in [0.25, 0.3) is 0 Å². The number of methoxy groups -OCH3 is 2. The second-order valence-electron chi connectivity index (χ2n) is 10.6. The summed E-state index contributed by atoms with van der Waals surface area (Å²) in [6.45, 7) is 5.88. The molecule has 0 bridgehead atoms. The van der Waals surface area contributed by atoms with E-state index in [1.54, 1.807) is 26.1 Å². The first kappa shape index (κ1) is 32.6. The second-order valence-corrected chi connectivity index (χ2v) is 10.6. The summed E-state index contributed by atoms with van der Waals surface area (Å²) in [5.41, 5.74) is -0.158. The van der Waals surface area contributed by atoms with Crippen LogP contribution in [0.3, 0.4) is 0 Å². The highest BCUT2D eigenvalue weighted by Gasteiger charge is 2.48. The third-order valence-electron chi connectivity index (χ3n) is 7.71. The molecule has 44 heavy (non-hydrogen) atoms. The molecule has 3 aromatic carbocycles. The van der Waals surface area contributed by atoms with Crippen LogP contribution in [0.2, 0.25) is 0 Å². The fraction of sp³-hybridized carbons (Fsp3) is 0.387. The number of benzene rings is 3. The van der Waals surface area contributed by atoms with Gasteiger partial charge in [-0.05, 0) is 68.4 Å². The maximum Gasteiger partial charge on any atom is 0.422 e. The SMILES string of the molecule is CN[C@@H](C)CN[C@@H]1C(=O)N(Cc2c(OC)ccc3c(C(F)(F)C(=O)OF)c(C(=O)OC)ccc23)c2ccc(C)cc2O[C@H]1C. The Hall–Kier alpha value is -4.36. The summed E-state index contributed by atoms with van der Waals surface area (Å²) in [4.78, 5) is 43.0. The maximum absolute atomic E-state index is 15.4. The van der Waals surface area contributed by atoms with Gasteiger partial charge in [-0.3, -0.25) is 4.79 Å². The Morgan fingerprint density at radius 2 is 1.82 bits per heavy atom. The van der Waals surface area contributed by atoms with Crippen molar-refractivity contribution >= 4 is 34.3 Å². The predicted octanol–water partition coefficient (Wildman–Crippen LogP) is 4.34. The largest absolute Gasteiger partial charge is 0.496 e. The van der Waals surface area contributed by atoms with Crippen LogP contribution in [-0.2, 0) is 31.7 Å². The first-order valence-electron chi connectivity index (χ1n) is 13.8. The summed E-state index contributed by atoms with van der Waals surface area (Å²) < 4.78 is 60.1. The molecule has 0 saturated heterocycles. The van der Waals surface area contributed by atoms with Gasteiger partial charge in [0.15, 0.2) is 0 Å². The fourth-order valence-electron chi connectivity index (χ4n) is 5.25. The molecular weight excluding hydrogens is 583 g/mol. The Kier molecular flexibility index (Phi) is 9.69. The van der Waals surface area contributed by atoms with Crippen LogP contribution in [0.15, 0.2) is 42.5 Å². The molecule has 0 radical (unpaired) electrons. The lowest BCUT2D eigenvalue weighted by atomic mass is 9.91. The van der Waals surface area contributed by atoms with E-state index in [2.05, 4.69) is 20.3 Å². The van der Waals surface area contributed by atoms with E-state index in [4.69, 9.17) is 9.47 Å². The zero-order valence-electron chi connectivity index (χ0n) is 25.1. The van der Waals surface area contributed by atoms with E-state index in [1.807, 2.05) is 19.9 Å². The van der Waals surface area contributed by atoms with E-state index in [0.717, 1.165) is 18.7 Å². The van der Waals surface area contributed by atoms with E-state index in [1.165, 1.54) is 30.2 Å². The number of hydrogen-bond acceptors (Lipinski definition) is 9. The third-order valence-corrected chi connectivity index (χ3v) is 7.71. The smallest absolute Gasteiger partial charge is 0.422 e. The van der Waals surface area contributed by atoms with Gasteiger partial charge in [0.2, 0.25) is 5.91 Å². The van der Waals surface area contributed by atoms with Crippen molar-refractivity contribution in [2.75, 3.05) is 32.7 Å². The monoisotopic (exact) mass is 617 g/mol. The third kappa shape index (κ3) is 6.02. The molecule has 1 heterocycles. The van der Waals surface area contributed by atoms with E-state index in [0.29, 0.717) is 18.0 Å². The van der Waals surface area contributed by atoms with E-state index in [9.17, 15) is 18.9 Å². The average molecular weight is 618 g/mol. The minimum Gasteiger partial charge on any atom is -0.496 e. The van der Waals surface area contributed by atoms with Crippen molar-refractivity contribution in [2.45, 2.75) is 51.4 Å². The lowest BCUT2D eigenvalue weighted by molar-refractivity contribution is -0.213. The number of alkyl halides is 2. The van der Waals surface area contributed by atoms with Crippen molar-refractivity contribution in [1.82, 2.24) is 10.6 Å². The number of nitrogens with zero attached hydrogens (tertiary/aromatic N) is 1. The van der Waals surface area contributed by atoms with Crippen molar-refractivity contribution in [3.05, 3.63) is 64.7 Å². The molecule has 1 amide bonds. The number of carbonyl (C=O) groups is 3. The number of amides is 1. The molecule has 1 aliphatic rings. The molecule has 0 aromatic heterocycles. The number of fused-ring (bicyclic) bond motifs is 2. The Labute approximate surface area is 252 Å². The Bertz CT molecular complexity index is 1580. The summed E-state index contributed by atoms with van der Waals surface area (Å²) in [6, 6.07) is 9.60. The molecule has 3 atom stereocenters. The van der Waals surface area contributed by atoms with Crippen LogP contribution < -0.4 is 25.0 Å². The highest BCUT2D eigenvalue weighted by molar-refractivity contribution is 6.05. The molecule has 4 rings (SSSR count). The number of esters is 1. The number of carbonyl (C=O) groups excluding carboxylic acids is 3. The molecule has 3 aromatic rings. The van der Waals surface area contributed by atoms with Gasteiger partial charge in [-0.25, -0.2) is 14.5 Å². The number of anilines is 1. The maximum atomic E-state index is 15.4. The zero-order valence-corrected chi connectivity index (χ0v) is 25.1. The van der Waals surface area contributed by atoms with Gasteiger partial charge < -0.3 is 29.7 Å². The van der Waals surface area contributed by atoms with Crippen LogP contribution in [0.1, 0.15) is 40.9 Å².